The van der Waals surface area contributed by atoms with Crippen molar-refractivity contribution in [2.45, 2.75) is 52.4 Å². The van der Waals surface area contributed by atoms with E-state index in [0.29, 0.717) is 19.1 Å². The lowest BCUT2D eigenvalue weighted by atomic mass is 9.83. The van der Waals surface area contributed by atoms with Crippen LogP contribution in [0.5, 0.6) is 0 Å². The van der Waals surface area contributed by atoms with Gasteiger partial charge in [0, 0.05) is 22.7 Å². The van der Waals surface area contributed by atoms with Crippen molar-refractivity contribution in [2.24, 2.45) is 11.3 Å². The molecule has 1 saturated carbocycles. The topological polar surface area (TPSA) is 43.4 Å². The molecule has 0 heterocycles. The van der Waals surface area contributed by atoms with Gasteiger partial charge < -0.3 is 4.74 Å². The Morgan fingerprint density at radius 3 is 2.17 bits per heavy atom. The SMILES string of the molecule is CC(C)COCC1(CS(=O)(=O)Cl)CCCCCC1. The fraction of sp³-hybridized carbons (Fsp3) is 1.00. The summed E-state index contributed by atoms with van der Waals surface area (Å²) in [5, 5.41) is 0. The molecule has 0 saturated heterocycles. The van der Waals surface area contributed by atoms with Crippen LogP contribution in [0, 0.1) is 11.3 Å². The lowest BCUT2D eigenvalue weighted by Gasteiger charge is -2.31. The summed E-state index contributed by atoms with van der Waals surface area (Å²) in [6, 6.07) is 0. The van der Waals surface area contributed by atoms with Crippen molar-refractivity contribution < 1.29 is 13.2 Å². The first kappa shape index (κ1) is 16.3. The van der Waals surface area contributed by atoms with Crippen LogP contribution in [0.15, 0.2) is 0 Å². The van der Waals surface area contributed by atoms with Crippen molar-refractivity contribution in [2.75, 3.05) is 19.0 Å². The first-order valence-electron chi connectivity index (χ1n) is 6.83. The minimum absolute atomic E-state index is 0.0552. The van der Waals surface area contributed by atoms with E-state index < -0.39 is 9.05 Å². The molecule has 0 aromatic carbocycles. The zero-order valence-electron chi connectivity index (χ0n) is 11.5. The minimum atomic E-state index is -3.46. The molecule has 1 aliphatic rings. The van der Waals surface area contributed by atoms with Crippen LogP contribution in [0.25, 0.3) is 0 Å². The van der Waals surface area contributed by atoms with Crippen molar-refractivity contribution in [1.82, 2.24) is 0 Å². The van der Waals surface area contributed by atoms with Crippen LogP contribution < -0.4 is 0 Å². The van der Waals surface area contributed by atoms with E-state index in [-0.39, 0.29) is 11.2 Å². The maximum absolute atomic E-state index is 11.4. The summed E-state index contributed by atoms with van der Waals surface area (Å²) in [5.74, 6) is 0.528. The number of halogens is 1. The maximum Gasteiger partial charge on any atom is 0.233 e. The lowest BCUT2D eigenvalue weighted by molar-refractivity contribution is 0.0325. The molecule has 0 spiro atoms. The number of hydrogen-bond acceptors (Lipinski definition) is 3. The molecule has 0 N–H and O–H groups in total. The Morgan fingerprint density at radius 2 is 1.72 bits per heavy atom. The van der Waals surface area contributed by atoms with Gasteiger partial charge in [-0.05, 0) is 18.8 Å². The van der Waals surface area contributed by atoms with Gasteiger partial charge in [0.15, 0.2) is 0 Å². The molecule has 1 aliphatic carbocycles. The van der Waals surface area contributed by atoms with Gasteiger partial charge in [0.05, 0.1) is 12.4 Å². The smallest absolute Gasteiger partial charge is 0.233 e. The highest BCUT2D eigenvalue weighted by atomic mass is 35.7. The van der Waals surface area contributed by atoms with Gasteiger partial charge in [0.25, 0.3) is 0 Å². The van der Waals surface area contributed by atoms with Crippen molar-refractivity contribution in [3.8, 4) is 0 Å². The molecule has 3 nitrogen and oxygen atoms in total. The summed E-state index contributed by atoms with van der Waals surface area (Å²) in [6.07, 6.45) is 6.37. The first-order chi connectivity index (χ1) is 8.33. The van der Waals surface area contributed by atoms with Crippen LogP contribution >= 0.6 is 10.7 Å². The average molecular weight is 297 g/mol. The highest BCUT2D eigenvalue weighted by Gasteiger charge is 2.35. The normalized spacial score (nSPS) is 20.9. The Labute approximate surface area is 116 Å². The van der Waals surface area contributed by atoms with Gasteiger partial charge in [0.1, 0.15) is 0 Å². The summed E-state index contributed by atoms with van der Waals surface area (Å²) < 4.78 is 28.6. The molecule has 0 aromatic rings. The molecule has 0 atom stereocenters. The van der Waals surface area contributed by atoms with Crippen LogP contribution in [0.4, 0.5) is 0 Å². The summed E-state index contributed by atoms with van der Waals surface area (Å²) in [7, 11) is 2.01. The second-order valence-electron chi connectivity index (χ2n) is 6.01. The predicted molar refractivity (Wildman–Crippen MR) is 75.4 cm³/mol. The summed E-state index contributed by atoms with van der Waals surface area (Å²) in [4.78, 5) is 0. The Kier molecular flexibility index (Phi) is 6.42. The van der Waals surface area contributed by atoms with Gasteiger partial charge in [0.2, 0.25) is 9.05 Å². The molecule has 1 rings (SSSR count). The van der Waals surface area contributed by atoms with E-state index in [9.17, 15) is 8.42 Å². The van der Waals surface area contributed by atoms with E-state index in [0.717, 1.165) is 25.7 Å². The Hall–Kier alpha value is 0.200. The molecule has 1 fully saturated rings. The molecule has 5 heteroatoms. The number of hydrogen-bond donors (Lipinski definition) is 0. The van der Waals surface area contributed by atoms with Crippen molar-refractivity contribution in [3.63, 3.8) is 0 Å². The average Bonchev–Trinajstić information content (AvgIpc) is 2.40. The zero-order chi connectivity index (χ0) is 13.6. The molecule has 108 valence electrons. The van der Waals surface area contributed by atoms with E-state index in [1.807, 2.05) is 0 Å². The van der Waals surface area contributed by atoms with Gasteiger partial charge >= 0.3 is 0 Å². The first-order valence-corrected chi connectivity index (χ1v) is 9.31. The van der Waals surface area contributed by atoms with E-state index in [1.54, 1.807) is 0 Å². The van der Waals surface area contributed by atoms with Gasteiger partial charge in [-0.3, -0.25) is 0 Å². The number of ether oxygens (including phenoxy) is 1. The van der Waals surface area contributed by atoms with Crippen LogP contribution in [-0.4, -0.2) is 27.4 Å². The maximum atomic E-state index is 11.4. The Morgan fingerprint density at radius 1 is 1.17 bits per heavy atom. The fourth-order valence-corrected chi connectivity index (χ4v) is 4.48. The van der Waals surface area contributed by atoms with Crippen molar-refractivity contribution >= 4 is 19.7 Å². The molecule has 0 aromatic heterocycles. The third kappa shape index (κ3) is 6.39. The van der Waals surface area contributed by atoms with Gasteiger partial charge in [-0.25, -0.2) is 8.42 Å². The third-order valence-corrected chi connectivity index (χ3v) is 4.79. The van der Waals surface area contributed by atoms with E-state index >= 15 is 0 Å². The second-order valence-corrected chi connectivity index (χ2v) is 8.78. The van der Waals surface area contributed by atoms with E-state index in [2.05, 4.69) is 13.8 Å². The number of rotatable bonds is 6. The largest absolute Gasteiger partial charge is 0.381 e. The Bertz CT molecular complexity index is 330. The van der Waals surface area contributed by atoms with Crippen molar-refractivity contribution in [1.29, 1.82) is 0 Å². The third-order valence-electron chi connectivity index (χ3n) is 3.50. The molecule has 0 bridgehead atoms. The minimum Gasteiger partial charge on any atom is -0.381 e. The zero-order valence-corrected chi connectivity index (χ0v) is 13.0. The molecular weight excluding hydrogens is 272 g/mol. The van der Waals surface area contributed by atoms with Gasteiger partial charge in [-0.1, -0.05) is 39.5 Å². The molecule has 0 unspecified atom stereocenters. The van der Waals surface area contributed by atoms with Crippen molar-refractivity contribution in [3.05, 3.63) is 0 Å². The van der Waals surface area contributed by atoms with E-state index in [4.69, 9.17) is 15.4 Å². The monoisotopic (exact) mass is 296 g/mol. The highest BCUT2D eigenvalue weighted by Crippen LogP contribution is 2.37. The summed E-state index contributed by atoms with van der Waals surface area (Å²) in [5.41, 5.74) is -0.258. The Balaban J connectivity index is 2.66. The van der Waals surface area contributed by atoms with Crippen LogP contribution in [0.1, 0.15) is 52.4 Å². The summed E-state index contributed by atoms with van der Waals surface area (Å²) >= 11 is 0. The van der Waals surface area contributed by atoms with Crippen LogP contribution in [0.2, 0.25) is 0 Å². The molecule has 0 radical (unpaired) electrons. The lowest BCUT2D eigenvalue weighted by Crippen LogP contribution is -2.33. The van der Waals surface area contributed by atoms with Crippen LogP contribution in [0.3, 0.4) is 0 Å². The predicted octanol–water partition coefficient (Wildman–Crippen LogP) is 3.57. The van der Waals surface area contributed by atoms with Crippen LogP contribution in [-0.2, 0) is 13.8 Å². The quantitative estimate of drug-likeness (QED) is 0.556. The molecule has 0 aliphatic heterocycles. The second kappa shape index (κ2) is 7.11. The molecule has 18 heavy (non-hydrogen) atoms. The molecular formula is C13H25ClO3S. The summed E-state index contributed by atoms with van der Waals surface area (Å²) in [6.45, 7) is 5.40. The highest BCUT2D eigenvalue weighted by molar-refractivity contribution is 8.13. The molecule has 0 amide bonds. The standard InChI is InChI=1S/C13H25ClO3S/c1-12(2)9-17-10-13(11-18(14,15)16)7-5-3-4-6-8-13/h12H,3-11H2,1-2H3. The van der Waals surface area contributed by atoms with Gasteiger partial charge in [-0.15, -0.1) is 0 Å². The fourth-order valence-electron chi connectivity index (χ4n) is 2.69. The van der Waals surface area contributed by atoms with E-state index in [1.165, 1.54) is 12.8 Å². The van der Waals surface area contributed by atoms with Gasteiger partial charge in [-0.2, -0.15) is 0 Å².